The first-order chi connectivity index (χ1) is 16.6. The average molecular weight is 500 g/mol. The summed E-state index contributed by atoms with van der Waals surface area (Å²) in [5.41, 5.74) is 3.59. The number of hydrogen-bond acceptors (Lipinski definition) is 3. The van der Waals surface area contributed by atoms with Crippen molar-refractivity contribution in [3.63, 3.8) is 0 Å². The molecule has 1 atom stereocenters. The lowest BCUT2D eigenvalue weighted by Gasteiger charge is -2.37. The van der Waals surface area contributed by atoms with Crippen molar-refractivity contribution in [1.29, 1.82) is 0 Å². The highest BCUT2D eigenvalue weighted by Gasteiger charge is 2.42. The van der Waals surface area contributed by atoms with Gasteiger partial charge in [-0.25, -0.2) is 4.98 Å². The summed E-state index contributed by atoms with van der Waals surface area (Å²) in [5, 5.41) is -0.351. The summed E-state index contributed by atoms with van der Waals surface area (Å²) in [6.45, 7) is 4.93. The molecule has 182 valence electrons. The van der Waals surface area contributed by atoms with Crippen LogP contribution in [0.4, 0.5) is 18.9 Å². The fourth-order valence-electron chi connectivity index (χ4n) is 5.00. The number of nitrogens with zero attached hydrogens (tertiary/aromatic N) is 2. The van der Waals surface area contributed by atoms with E-state index in [0.29, 0.717) is 16.9 Å². The Morgan fingerprint density at radius 1 is 1.11 bits per heavy atom. The maximum Gasteiger partial charge on any atom is 0.417 e. The van der Waals surface area contributed by atoms with E-state index >= 15 is 0 Å². The lowest BCUT2D eigenvalue weighted by molar-refractivity contribution is -0.137. The molecule has 0 aliphatic carbocycles. The third kappa shape index (κ3) is 4.12. The average Bonchev–Trinajstić information content (AvgIpc) is 3.42. The third-order valence-corrected chi connectivity index (χ3v) is 7.16. The number of ether oxygens (including phenoxy) is 1. The predicted octanol–water partition coefficient (Wildman–Crippen LogP) is 7.73. The first-order valence-corrected chi connectivity index (χ1v) is 11.8. The molecule has 4 nitrogen and oxygen atoms in total. The molecule has 4 aromatic rings. The highest BCUT2D eigenvalue weighted by molar-refractivity contribution is 6.32. The van der Waals surface area contributed by atoms with Crippen LogP contribution in [0, 0.1) is 6.92 Å². The minimum Gasteiger partial charge on any atom is -0.497 e. The van der Waals surface area contributed by atoms with Crippen LogP contribution in [0.1, 0.15) is 36.7 Å². The Balaban J connectivity index is 1.63. The van der Waals surface area contributed by atoms with E-state index in [1.807, 2.05) is 31.2 Å². The molecule has 1 saturated heterocycles. The van der Waals surface area contributed by atoms with Crippen LogP contribution in [0.15, 0.2) is 54.6 Å². The van der Waals surface area contributed by atoms with Gasteiger partial charge in [0.1, 0.15) is 11.6 Å². The number of benzene rings is 3. The van der Waals surface area contributed by atoms with Crippen molar-refractivity contribution in [2.45, 2.75) is 38.4 Å². The maximum atomic E-state index is 13.4. The Bertz CT molecular complexity index is 1410. The number of fused-ring (bicyclic) bond motifs is 1. The quantitative estimate of drug-likeness (QED) is 0.312. The van der Waals surface area contributed by atoms with Gasteiger partial charge in [-0.05, 0) is 68.1 Å². The molecule has 8 heteroatoms. The second-order valence-corrected chi connectivity index (χ2v) is 9.62. The minimum absolute atomic E-state index is 0.321. The topological polar surface area (TPSA) is 41.1 Å². The Hall–Kier alpha value is -3.19. The molecule has 0 amide bonds. The first kappa shape index (κ1) is 23.5. The van der Waals surface area contributed by atoms with Crippen molar-refractivity contribution in [3.8, 4) is 16.9 Å². The van der Waals surface area contributed by atoms with E-state index in [9.17, 15) is 13.2 Å². The molecule has 1 N–H and O–H groups in total. The monoisotopic (exact) mass is 499 g/mol. The number of anilines is 1. The van der Waals surface area contributed by atoms with Gasteiger partial charge in [0, 0.05) is 17.8 Å². The molecule has 0 bridgehead atoms. The van der Waals surface area contributed by atoms with Gasteiger partial charge in [0.25, 0.3) is 0 Å². The number of aromatic nitrogens is 2. The zero-order chi connectivity index (χ0) is 25.0. The highest BCUT2D eigenvalue weighted by atomic mass is 35.5. The van der Waals surface area contributed by atoms with E-state index in [1.165, 1.54) is 6.07 Å². The van der Waals surface area contributed by atoms with Crippen LogP contribution in [0.2, 0.25) is 5.02 Å². The highest BCUT2D eigenvalue weighted by Crippen LogP contribution is 2.46. The van der Waals surface area contributed by atoms with Crippen molar-refractivity contribution in [2.24, 2.45) is 0 Å². The van der Waals surface area contributed by atoms with Crippen molar-refractivity contribution >= 4 is 28.3 Å². The van der Waals surface area contributed by atoms with Gasteiger partial charge < -0.3 is 14.6 Å². The molecule has 1 aliphatic rings. The van der Waals surface area contributed by atoms with Gasteiger partial charge in [-0.2, -0.15) is 13.2 Å². The normalized spacial score (nSPS) is 18.4. The summed E-state index contributed by atoms with van der Waals surface area (Å²) in [5.74, 6) is 1.39. The van der Waals surface area contributed by atoms with Crippen LogP contribution < -0.4 is 9.64 Å². The Morgan fingerprint density at radius 3 is 2.66 bits per heavy atom. The number of rotatable bonds is 4. The largest absolute Gasteiger partial charge is 0.497 e. The number of hydrogen-bond donors (Lipinski definition) is 1. The molecule has 0 saturated carbocycles. The molecule has 1 aromatic heterocycles. The minimum atomic E-state index is -4.53. The van der Waals surface area contributed by atoms with Crippen molar-refractivity contribution in [3.05, 3.63) is 76.6 Å². The first-order valence-electron chi connectivity index (χ1n) is 11.4. The van der Waals surface area contributed by atoms with Crippen LogP contribution in [0.25, 0.3) is 22.2 Å². The van der Waals surface area contributed by atoms with E-state index in [2.05, 4.69) is 35.0 Å². The lowest BCUT2D eigenvalue weighted by Crippen LogP contribution is -2.40. The van der Waals surface area contributed by atoms with Crippen LogP contribution in [0.3, 0.4) is 0 Å². The van der Waals surface area contributed by atoms with E-state index in [-0.39, 0.29) is 5.02 Å². The second-order valence-electron chi connectivity index (χ2n) is 9.21. The second kappa shape index (κ2) is 8.48. The molecular formula is C27H25ClF3N3O. The van der Waals surface area contributed by atoms with Crippen LogP contribution in [-0.4, -0.2) is 23.6 Å². The predicted molar refractivity (Wildman–Crippen MR) is 133 cm³/mol. The fourth-order valence-corrected chi connectivity index (χ4v) is 5.26. The van der Waals surface area contributed by atoms with E-state index in [1.54, 1.807) is 7.11 Å². The summed E-state index contributed by atoms with van der Waals surface area (Å²) in [4.78, 5) is 10.2. The van der Waals surface area contributed by atoms with Gasteiger partial charge in [0.2, 0.25) is 0 Å². The summed E-state index contributed by atoms with van der Waals surface area (Å²) in [7, 11) is 1.64. The molecule has 1 fully saturated rings. The molecule has 0 unspecified atom stereocenters. The fraction of sp³-hybridized carbons (Fsp3) is 0.296. The zero-order valence-corrected chi connectivity index (χ0v) is 20.4. The number of methoxy groups -OCH3 is 1. The number of aryl methyl sites for hydroxylation is 1. The van der Waals surface area contributed by atoms with Crippen molar-refractivity contribution in [1.82, 2.24) is 9.97 Å². The number of aromatic amines is 1. The van der Waals surface area contributed by atoms with Crippen LogP contribution in [0.5, 0.6) is 5.75 Å². The lowest BCUT2D eigenvalue weighted by atomic mass is 9.94. The Morgan fingerprint density at radius 2 is 1.91 bits per heavy atom. The standard InChI is InChI=1S/C27H25ClF3N3O/c1-16-8-9-19(17-6-4-7-18(13-17)35-3)24(12-16)34-11-5-10-26(34,2)25-32-22-14-20(27(29,30)31)21(28)15-23(22)33-25/h4,6-9,12-15H,5,10-11H2,1-3H3,(H,32,33)/t26-/m0/s1. The SMILES string of the molecule is COc1cccc(-c2ccc(C)cc2N2CCC[C@@]2(C)c2nc3cc(Cl)c(C(F)(F)F)cc3[nH]2)c1. The number of alkyl halides is 3. The maximum absolute atomic E-state index is 13.4. The molecular weight excluding hydrogens is 475 g/mol. The van der Waals surface area contributed by atoms with E-state index in [0.717, 1.165) is 53.6 Å². The zero-order valence-electron chi connectivity index (χ0n) is 19.6. The van der Waals surface area contributed by atoms with Crippen molar-refractivity contribution in [2.75, 3.05) is 18.6 Å². The number of nitrogens with one attached hydrogen (secondary N) is 1. The summed E-state index contributed by atoms with van der Waals surface area (Å²) in [6.07, 6.45) is -2.81. The molecule has 3 aromatic carbocycles. The molecule has 2 heterocycles. The van der Waals surface area contributed by atoms with Gasteiger partial charge in [0.15, 0.2) is 0 Å². The van der Waals surface area contributed by atoms with Gasteiger partial charge in [-0.3, -0.25) is 0 Å². The number of H-pyrrole nitrogens is 1. The molecule has 1 aliphatic heterocycles. The molecule has 5 rings (SSSR count). The van der Waals surface area contributed by atoms with E-state index < -0.39 is 17.3 Å². The van der Waals surface area contributed by atoms with Gasteiger partial charge in [-0.15, -0.1) is 0 Å². The molecule has 35 heavy (non-hydrogen) atoms. The van der Waals surface area contributed by atoms with Crippen LogP contribution in [-0.2, 0) is 11.7 Å². The Labute approximate surface area is 206 Å². The number of halogens is 4. The molecule has 0 spiro atoms. The molecule has 0 radical (unpaired) electrons. The summed E-state index contributed by atoms with van der Waals surface area (Å²) >= 11 is 5.95. The third-order valence-electron chi connectivity index (χ3n) is 6.85. The smallest absolute Gasteiger partial charge is 0.417 e. The van der Waals surface area contributed by atoms with Gasteiger partial charge in [0.05, 0.1) is 34.3 Å². The Kier molecular flexibility index (Phi) is 5.71. The van der Waals surface area contributed by atoms with Crippen molar-refractivity contribution < 1.29 is 17.9 Å². The summed E-state index contributed by atoms with van der Waals surface area (Å²) < 4.78 is 45.6. The van der Waals surface area contributed by atoms with Gasteiger partial charge >= 0.3 is 6.18 Å². The number of imidazole rings is 1. The van der Waals surface area contributed by atoms with E-state index in [4.69, 9.17) is 21.3 Å². The summed E-state index contributed by atoms with van der Waals surface area (Å²) in [6, 6.07) is 16.6. The van der Waals surface area contributed by atoms with Crippen LogP contribution >= 0.6 is 11.6 Å². The van der Waals surface area contributed by atoms with Gasteiger partial charge in [-0.1, -0.05) is 35.9 Å².